The third kappa shape index (κ3) is 25.3. The van der Waals surface area contributed by atoms with E-state index in [0.717, 1.165) is 74.8 Å². The van der Waals surface area contributed by atoms with Gasteiger partial charge in [-0.15, -0.1) is 0 Å². The fourth-order valence-electron chi connectivity index (χ4n) is 8.56. The lowest BCUT2D eigenvalue weighted by Crippen LogP contribution is -2.15. The summed E-state index contributed by atoms with van der Waals surface area (Å²) in [5.41, 5.74) is 9.63. The largest absolute Gasteiger partial charge is 0.481 e. The van der Waals surface area contributed by atoms with Crippen LogP contribution in [0.25, 0.3) is 27.4 Å². The van der Waals surface area contributed by atoms with Crippen molar-refractivity contribution in [3.8, 4) is 0 Å². The number of ketones is 1. The highest BCUT2D eigenvalue weighted by molar-refractivity contribution is 6.00. The number of aromatic nitrogens is 8. The van der Waals surface area contributed by atoms with E-state index < -0.39 is 5.97 Å². The topological polar surface area (TPSA) is 251 Å². The number of allylic oxidation sites excluding steroid dienone is 1. The van der Waals surface area contributed by atoms with E-state index in [4.69, 9.17) is 5.11 Å². The molecular formula is C72H78N10O8. The minimum Gasteiger partial charge on any atom is -0.481 e. The number of aliphatic carboxylic acids is 1. The lowest BCUT2D eigenvalue weighted by atomic mass is 10.0. The molecule has 3 N–H and O–H groups in total. The van der Waals surface area contributed by atoms with E-state index in [2.05, 4.69) is 97.2 Å². The number of methoxy groups -OCH3 is 2. The molecule has 4 unspecified atom stereocenters. The number of carbonyl (C=O) groups is 5. The molecule has 0 fully saturated rings. The summed E-state index contributed by atoms with van der Waals surface area (Å²) in [6.45, 7) is 12.3. The quantitative estimate of drug-likeness (QED) is 0.0410. The Hall–Kier alpha value is -10.8. The van der Waals surface area contributed by atoms with Gasteiger partial charge in [-0.1, -0.05) is 100 Å². The number of Topliss-reactive ketones (excluding diaryl/α,β-unsaturated/α-hetero) is 1. The second-order valence-corrected chi connectivity index (χ2v) is 20.6. The smallest absolute Gasteiger partial charge is 0.330 e. The number of para-hydroxylation sites is 2. The molecule has 464 valence electrons. The lowest BCUT2D eigenvalue weighted by Gasteiger charge is -2.13. The molecule has 0 saturated heterocycles. The van der Waals surface area contributed by atoms with Crippen LogP contribution in [0.1, 0.15) is 130 Å². The average Bonchev–Trinajstić information content (AvgIpc) is 2.17. The number of esters is 2. The fraction of sp³-hybridized carbons (Fsp3) is 0.236. The van der Waals surface area contributed by atoms with Gasteiger partial charge in [-0.25, -0.2) is 4.79 Å². The van der Waals surface area contributed by atoms with E-state index in [1.165, 1.54) is 32.6 Å². The molecule has 4 atom stereocenters. The Kier molecular flexibility index (Phi) is 30.4. The minimum absolute atomic E-state index is 0.00981. The van der Waals surface area contributed by atoms with Gasteiger partial charge in [0.1, 0.15) is 5.69 Å². The molecule has 90 heavy (non-hydrogen) atoms. The maximum absolute atomic E-state index is 12.3. The van der Waals surface area contributed by atoms with Crippen LogP contribution < -0.4 is 10.6 Å². The first-order valence-corrected chi connectivity index (χ1v) is 29.3. The number of carboxylic acid groups (broad SMARTS) is 1. The number of pyridine rings is 8. The molecule has 10 rings (SSSR count). The summed E-state index contributed by atoms with van der Waals surface area (Å²) in [5, 5.41) is 17.2. The Morgan fingerprint density at radius 2 is 0.856 bits per heavy atom. The van der Waals surface area contributed by atoms with Crippen LogP contribution >= 0.6 is 0 Å². The third-order valence-electron chi connectivity index (χ3n) is 13.5. The highest BCUT2D eigenvalue weighted by Crippen LogP contribution is 2.25. The van der Waals surface area contributed by atoms with E-state index in [-0.39, 0.29) is 47.8 Å². The summed E-state index contributed by atoms with van der Waals surface area (Å²) >= 11 is 0. The van der Waals surface area contributed by atoms with Crippen LogP contribution in [0.5, 0.6) is 0 Å². The van der Waals surface area contributed by atoms with Gasteiger partial charge in [0, 0.05) is 133 Å². The van der Waals surface area contributed by atoms with Crippen molar-refractivity contribution in [2.45, 2.75) is 90.9 Å². The molecule has 0 bridgehead atoms. The number of ether oxygens (including phenoxy) is 2. The van der Waals surface area contributed by atoms with Crippen molar-refractivity contribution < 1.29 is 38.6 Å². The Morgan fingerprint density at radius 3 is 1.28 bits per heavy atom. The van der Waals surface area contributed by atoms with Crippen LogP contribution in [0.4, 0.5) is 11.4 Å². The number of amides is 1. The van der Waals surface area contributed by atoms with Crippen LogP contribution in [0.15, 0.2) is 226 Å². The fourth-order valence-corrected chi connectivity index (χ4v) is 8.56. The molecular weight excluding hydrogens is 1130 g/mol. The zero-order valence-corrected chi connectivity index (χ0v) is 52.1. The number of hydrogen-bond donors (Lipinski definition) is 3. The van der Waals surface area contributed by atoms with Gasteiger partial charge in [0.25, 0.3) is 0 Å². The van der Waals surface area contributed by atoms with Gasteiger partial charge < -0.3 is 25.2 Å². The number of carboxylic acids is 1. The minimum atomic E-state index is -0.784. The van der Waals surface area contributed by atoms with Gasteiger partial charge >= 0.3 is 17.9 Å². The summed E-state index contributed by atoms with van der Waals surface area (Å²) in [6, 6.07) is 53.8. The molecule has 18 heteroatoms. The second kappa shape index (κ2) is 39.1. The predicted octanol–water partition coefficient (Wildman–Crippen LogP) is 14.3. The zero-order valence-electron chi connectivity index (χ0n) is 52.1. The summed E-state index contributed by atoms with van der Waals surface area (Å²) in [5.74, 6) is -0.732. The SMILES string of the molecule is CC(=O)c1ccccn1.CC(CC(=O)Nc1cccc2cccnc12)c1ccccn1.CC(CC(=O)O)c1ccccn1.CC(CCNc1cccc2cccnc12)c1ccccn1.COC(=O)/C=C(\C)c1ccccn1.COC(=O)CC(C)c1ccccn1. The summed E-state index contributed by atoms with van der Waals surface area (Å²) in [7, 11) is 2.75. The Bertz CT molecular complexity index is 3770. The molecule has 18 nitrogen and oxygen atoms in total. The van der Waals surface area contributed by atoms with Crippen molar-refractivity contribution in [2.75, 3.05) is 31.4 Å². The predicted molar refractivity (Wildman–Crippen MR) is 353 cm³/mol. The van der Waals surface area contributed by atoms with Gasteiger partial charge in [0.2, 0.25) is 5.91 Å². The Labute approximate surface area is 526 Å². The molecule has 2 aromatic carbocycles. The van der Waals surface area contributed by atoms with Crippen molar-refractivity contribution in [1.82, 2.24) is 39.9 Å². The van der Waals surface area contributed by atoms with E-state index in [1.807, 2.05) is 161 Å². The molecule has 0 saturated carbocycles. The lowest BCUT2D eigenvalue weighted by molar-refractivity contribution is -0.141. The maximum atomic E-state index is 12.3. The van der Waals surface area contributed by atoms with Crippen molar-refractivity contribution in [1.29, 1.82) is 0 Å². The normalized spacial score (nSPS) is 11.7. The number of nitrogens with zero attached hydrogens (tertiary/aromatic N) is 8. The van der Waals surface area contributed by atoms with Crippen molar-refractivity contribution in [3.05, 3.63) is 260 Å². The zero-order chi connectivity index (χ0) is 64.9. The van der Waals surface area contributed by atoms with E-state index in [1.54, 1.807) is 55.4 Å². The van der Waals surface area contributed by atoms with Crippen LogP contribution in [-0.2, 0) is 28.7 Å². The molecule has 8 aromatic heterocycles. The van der Waals surface area contributed by atoms with Crippen LogP contribution in [0.3, 0.4) is 0 Å². The Balaban J connectivity index is 0.000000202. The molecule has 10 aromatic rings. The van der Waals surface area contributed by atoms with Crippen molar-refractivity contribution in [2.24, 2.45) is 0 Å². The number of rotatable bonds is 18. The molecule has 0 aliphatic carbocycles. The number of anilines is 2. The van der Waals surface area contributed by atoms with E-state index in [9.17, 15) is 24.0 Å². The molecule has 0 aliphatic rings. The number of nitrogens with one attached hydrogen (secondary N) is 2. The monoisotopic (exact) mass is 1210 g/mol. The number of fused-ring (bicyclic) bond motifs is 2. The number of benzene rings is 2. The standard InChI is InChI=1S/C18H17N3O.C18H19N3.C10H13NO2.C10H11NO2.C9H11NO2.C7H7NO/c1-13(15-8-2-3-10-19-15)12-17(22)21-16-9-4-6-14-7-5-11-20-18(14)16;1-14(16-8-2-3-11-19-16)10-13-20-17-9-4-6-15-7-5-12-21-18(15)17;2*1-8(7-10(12)13-2)9-5-3-4-6-11-9;1-7(6-9(11)12)8-4-2-3-5-10-8;1-6(9)7-4-2-3-5-8-7/h2-11,13H,12H2,1H3,(H,21,22);2-9,11-12,14,20H,10,13H2,1H3;3-6,8H,7H2,1-2H3;3-7H,1-2H3;2-5,7H,6H2,1H3,(H,11,12);2-5H,1H3/b;;;8-7+;;. The first-order valence-electron chi connectivity index (χ1n) is 29.3. The number of hydrogen-bond acceptors (Lipinski definition) is 16. The third-order valence-corrected chi connectivity index (χ3v) is 13.5. The van der Waals surface area contributed by atoms with Crippen molar-refractivity contribution >= 4 is 68.4 Å². The molecule has 0 aliphatic heterocycles. The van der Waals surface area contributed by atoms with Gasteiger partial charge in [0.15, 0.2) is 5.78 Å². The summed E-state index contributed by atoms with van der Waals surface area (Å²) in [6.07, 6.45) is 17.2. The average molecular weight is 1210 g/mol. The van der Waals surface area contributed by atoms with Gasteiger partial charge in [-0.3, -0.25) is 59.0 Å². The van der Waals surface area contributed by atoms with Gasteiger partial charge in [0.05, 0.1) is 55.2 Å². The van der Waals surface area contributed by atoms with Gasteiger partial charge in [-0.05, 0) is 116 Å². The molecule has 8 heterocycles. The van der Waals surface area contributed by atoms with Crippen LogP contribution in [-0.4, -0.2) is 95.3 Å². The highest BCUT2D eigenvalue weighted by atomic mass is 16.5. The van der Waals surface area contributed by atoms with Crippen LogP contribution in [0, 0.1) is 0 Å². The second-order valence-electron chi connectivity index (χ2n) is 20.6. The van der Waals surface area contributed by atoms with E-state index >= 15 is 0 Å². The maximum Gasteiger partial charge on any atom is 0.330 e. The molecule has 1 amide bonds. The Morgan fingerprint density at radius 1 is 0.444 bits per heavy atom. The van der Waals surface area contributed by atoms with E-state index in [0.29, 0.717) is 24.5 Å². The molecule has 0 spiro atoms. The first-order chi connectivity index (χ1) is 43.6. The van der Waals surface area contributed by atoms with Crippen molar-refractivity contribution in [3.63, 3.8) is 0 Å². The number of carbonyl (C=O) groups excluding carboxylic acids is 4. The summed E-state index contributed by atoms with van der Waals surface area (Å²) < 4.78 is 9.07. The van der Waals surface area contributed by atoms with Crippen LogP contribution in [0.2, 0.25) is 0 Å². The first kappa shape index (κ1) is 70.0. The molecule has 0 radical (unpaired) electrons. The van der Waals surface area contributed by atoms with Gasteiger partial charge in [-0.2, -0.15) is 0 Å². The highest BCUT2D eigenvalue weighted by Gasteiger charge is 2.15. The summed E-state index contributed by atoms with van der Waals surface area (Å²) in [4.78, 5) is 88.7.